The largest absolute Gasteiger partial charge is 0.350 e. The molecule has 31 heavy (non-hydrogen) atoms. The number of amides is 2. The molecule has 0 aliphatic carbocycles. The first-order valence-electron chi connectivity index (χ1n) is 10.3. The Bertz CT molecular complexity index is 1210. The van der Waals surface area contributed by atoms with Crippen molar-refractivity contribution in [2.75, 3.05) is 5.32 Å². The van der Waals surface area contributed by atoms with Gasteiger partial charge in [0.15, 0.2) is 0 Å². The first kappa shape index (κ1) is 20.5. The monoisotopic (exact) mass is 411 g/mol. The van der Waals surface area contributed by atoms with E-state index >= 15 is 0 Å². The smallest absolute Gasteiger partial charge is 0.278 e. The van der Waals surface area contributed by atoms with Crippen LogP contribution >= 0.6 is 0 Å². The molecule has 3 aromatic rings. The van der Waals surface area contributed by atoms with E-state index in [0.717, 1.165) is 33.5 Å². The molecule has 0 atom stereocenters. The molecule has 0 saturated heterocycles. The van der Waals surface area contributed by atoms with E-state index in [1.807, 2.05) is 82.3 Å². The highest BCUT2D eigenvalue weighted by Gasteiger charge is 2.39. The van der Waals surface area contributed by atoms with Crippen molar-refractivity contribution in [3.8, 4) is 0 Å². The quantitative estimate of drug-likeness (QED) is 0.618. The zero-order valence-electron chi connectivity index (χ0n) is 18.2. The van der Waals surface area contributed by atoms with Crippen LogP contribution in [0.25, 0.3) is 5.57 Å². The van der Waals surface area contributed by atoms with Crippen molar-refractivity contribution in [1.29, 1.82) is 0 Å². The summed E-state index contributed by atoms with van der Waals surface area (Å²) in [5.74, 6) is -0.656. The molecule has 0 fully saturated rings. The van der Waals surface area contributed by atoms with Crippen molar-refractivity contribution in [3.63, 3.8) is 0 Å². The zero-order chi connectivity index (χ0) is 22.1. The summed E-state index contributed by atoms with van der Waals surface area (Å²) in [7, 11) is 0. The van der Waals surface area contributed by atoms with Crippen molar-refractivity contribution >= 4 is 23.1 Å². The van der Waals surface area contributed by atoms with Crippen LogP contribution in [0.4, 0.5) is 5.69 Å². The molecule has 1 aromatic heterocycles. The molecular formula is C26H25N3O2. The number of hydrogen-bond acceptors (Lipinski definition) is 4. The summed E-state index contributed by atoms with van der Waals surface area (Å²) in [5, 5.41) is 3.28. The highest BCUT2D eigenvalue weighted by Crippen LogP contribution is 2.33. The molecule has 4 rings (SSSR count). The Labute approximate surface area is 182 Å². The number of hydrogen-bond donors (Lipinski definition) is 1. The molecule has 5 nitrogen and oxygen atoms in total. The van der Waals surface area contributed by atoms with Crippen molar-refractivity contribution in [2.45, 2.75) is 34.2 Å². The van der Waals surface area contributed by atoms with Crippen molar-refractivity contribution in [2.24, 2.45) is 0 Å². The van der Waals surface area contributed by atoms with Gasteiger partial charge in [-0.25, -0.2) is 0 Å². The Morgan fingerprint density at radius 1 is 0.839 bits per heavy atom. The lowest BCUT2D eigenvalue weighted by Gasteiger charge is -2.15. The molecule has 1 aliphatic heterocycles. The van der Waals surface area contributed by atoms with Crippen LogP contribution in [0.15, 0.2) is 66.5 Å². The van der Waals surface area contributed by atoms with Gasteiger partial charge in [0, 0.05) is 11.9 Å². The molecule has 0 unspecified atom stereocenters. The van der Waals surface area contributed by atoms with Crippen molar-refractivity contribution < 1.29 is 9.59 Å². The Hall–Kier alpha value is -3.73. The number of carbonyl (C=O) groups excluding carboxylic acids is 2. The number of aromatic nitrogens is 1. The third-order valence-corrected chi connectivity index (χ3v) is 5.66. The molecule has 2 amide bonds. The average Bonchev–Trinajstić information content (AvgIpc) is 2.98. The van der Waals surface area contributed by atoms with Crippen LogP contribution < -0.4 is 5.32 Å². The van der Waals surface area contributed by atoms with E-state index < -0.39 is 0 Å². The summed E-state index contributed by atoms with van der Waals surface area (Å²) in [6, 6.07) is 17.3. The highest BCUT2D eigenvalue weighted by molar-refractivity contribution is 6.36. The van der Waals surface area contributed by atoms with E-state index in [-0.39, 0.29) is 18.4 Å². The highest BCUT2D eigenvalue weighted by atomic mass is 16.2. The molecule has 0 radical (unpaired) electrons. The summed E-state index contributed by atoms with van der Waals surface area (Å²) >= 11 is 0. The van der Waals surface area contributed by atoms with Crippen LogP contribution in [0.5, 0.6) is 0 Å². The number of rotatable bonds is 5. The Balaban J connectivity index is 1.80. The zero-order valence-corrected chi connectivity index (χ0v) is 18.2. The number of pyridine rings is 1. The predicted molar refractivity (Wildman–Crippen MR) is 122 cm³/mol. The van der Waals surface area contributed by atoms with Gasteiger partial charge in [-0.15, -0.1) is 0 Å². The predicted octanol–water partition coefficient (Wildman–Crippen LogP) is 4.71. The van der Waals surface area contributed by atoms with Gasteiger partial charge in [-0.2, -0.15) is 0 Å². The van der Waals surface area contributed by atoms with E-state index in [0.29, 0.717) is 17.0 Å². The van der Waals surface area contributed by atoms with E-state index in [9.17, 15) is 9.59 Å². The minimum Gasteiger partial charge on any atom is -0.350 e. The fourth-order valence-corrected chi connectivity index (χ4v) is 3.66. The summed E-state index contributed by atoms with van der Waals surface area (Å²) in [6.45, 7) is 8.13. The third kappa shape index (κ3) is 3.99. The fraction of sp³-hybridized carbons (Fsp3) is 0.192. The van der Waals surface area contributed by atoms with Gasteiger partial charge < -0.3 is 5.32 Å². The molecule has 2 aromatic carbocycles. The van der Waals surface area contributed by atoms with Gasteiger partial charge in [0.1, 0.15) is 5.70 Å². The number of anilines is 1. The lowest BCUT2D eigenvalue weighted by molar-refractivity contribution is -0.137. The maximum Gasteiger partial charge on any atom is 0.278 e. The van der Waals surface area contributed by atoms with Crippen LogP contribution in [0, 0.1) is 27.7 Å². The standard InChI is InChI=1S/C26H25N3O2/c1-16-8-9-18(3)22(13-16)28-24-23(20-11-10-17(2)19(4)14-20)25(30)29(26(24)31)15-21-7-5-6-12-27-21/h5-14,28H,15H2,1-4H3. The molecule has 1 aliphatic rings. The fourth-order valence-electron chi connectivity index (χ4n) is 3.66. The van der Waals surface area contributed by atoms with Crippen LogP contribution in [0.3, 0.4) is 0 Å². The Morgan fingerprint density at radius 3 is 2.32 bits per heavy atom. The first-order valence-corrected chi connectivity index (χ1v) is 10.3. The second-order valence-corrected chi connectivity index (χ2v) is 8.01. The molecule has 2 heterocycles. The minimum atomic E-state index is -0.343. The van der Waals surface area contributed by atoms with Gasteiger partial charge in [-0.1, -0.05) is 36.4 Å². The third-order valence-electron chi connectivity index (χ3n) is 5.66. The van der Waals surface area contributed by atoms with Gasteiger partial charge in [-0.3, -0.25) is 19.5 Å². The topological polar surface area (TPSA) is 62.3 Å². The van der Waals surface area contributed by atoms with E-state index in [4.69, 9.17) is 0 Å². The molecule has 0 bridgehead atoms. The van der Waals surface area contributed by atoms with Crippen molar-refractivity contribution in [1.82, 2.24) is 9.88 Å². The summed E-state index contributed by atoms with van der Waals surface area (Å²) in [5.41, 5.74) is 7.19. The first-order chi connectivity index (χ1) is 14.8. The summed E-state index contributed by atoms with van der Waals surface area (Å²) in [6.07, 6.45) is 1.66. The van der Waals surface area contributed by atoms with Gasteiger partial charge in [0.25, 0.3) is 11.8 Å². The number of imide groups is 1. The summed E-state index contributed by atoms with van der Waals surface area (Å²) < 4.78 is 0. The van der Waals surface area contributed by atoms with Gasteiger partial charge in [0.05, 0.1) is 17.8 Å². The van der Waals surface area contributed by atoms with Gasteiger partial charge >= 0.3 is 0 Å². The van der Waals surface area contributed by atoms with Gasteiger partial charge in [-0.05, 0) is 73.7 Å². The lowest BCUT2D eigenvalue weighted by Crippen LogP contribution is -2.32. The Morgan fingerprint density at radius 2 is 1.61 bits per heavy atom. The molecule has 0 saturated carbocycles. The maximum atomic E-state index is 13.4. The number of carbonyl (C=O) groups is 2. The average molecular weight is 412 g/mol. The number of benzene rings is 2. The SMILES string of the molecule is Cc1ccc(C)c(NC2=C(c3ccc(C)c(C)c3)C(=O)N(Cc3ccccn3)C2=O)c1. The van der Waals surface area contributed by atoms with E-state index in [1.165, 1.54) is 4.90 Å². The molecule has 0 spiro atoms. The van der Waals surface area contributed by atoms with Crippen LogP contribution in [-0.2, 0) is 16.1 Å². The number of nitrogens with zero attached hydrogens (tertiary/aromatic N) is 2. The Kier molecular flexibility index (Phi) is 5.42. The van der Waals surface area contributed by atoms with Crippen molar-refractivity contribution in [3.05, 3.63) is 100 Å². The summed E-state index contributed by atoms with van der Waals surface area (Å²) in [4.78, 5) is 32.4. The van der Waals surface area contributed by atoms with Crippen LogP contribution in [0.1, 0.15) is 33.5 Å². The van der Waals surface area contributed by atoms with Gasteiger partial charge in [0.2, 0.25) is 0 Å². The van der Waals surface area contributed by atoms with Crippen LogP contribution in [-0.4, -0.2) is 21.7 Å². The minimum absolute atomic E-state index is 0.130. The molecule has 5 heteroatoms. The molecule has 156 valence electrons. The molecular weight excluding hydrogens is 386 g/mol. The normalized spacial score (nSPS) is 13.9. The second-order valence-electron chi connectivity index (χ2n) is 8.01. The van der Waals surface area contributed by atoms with E-state index in [1.54, 1.807) is 6.20 Å². The lowest BCUT2D eigenvalue weighted by atomic mass is 9.99. The number of aryl methyl sites for hydroxylation is 4. The maximum absolute atomic E-state index is 13.4. The molecule has 1 N–H and O–H groups in total. The van der Waals surface area contributed by atoms with E-state index in [2.05, 4.69) is 10.3 Å². The number of nitrogens with one attached hydrogen (secondary N) is 1. The second kappa shape index (κ2) is 8.19. The van der Waals surface area contributed by atoms with Crippen LogP contribution in [0.2, 0.25) is 0 Å².